The summed E-state index contributed by atoms with van der Waals surface area (Å²) in [5.41, 5.74) is 2.01. The summed E-state index contributed by atoms with van der Waals surface area (Å²) in [6.45, 7) is 1.27. The number of benzene rings is 2. The van der Waals surface area contributed by atoms with E-state index in [4.69, 9.17) is 11.6 Å². The first-order valence-corrected chi connectivity index (χ1v) is 10.8. The lowest BCUT2D eigenvalue weighted by atomic mass is 10.2. The average Bonchev–Trinajstić information content (AvgIpc) is 3.34. The fraction of sp³-hybridized carbons (Fsp3) is 0.348. The number of amides is 3. The molecule has 3 amide bonds. The predicted molar refractivity (Wildman–Crippen MR) is 121 cm³/mol. The van der Waals surface area contributed by atoms with Crippen LogP contribution in [-0.4, -0.2) is 55.3 Å². The number of anilines is 3. The van der Waals surface area contributed by atoms with Crippen molar-refractivity contribution in [3.63, 3.8) is 0 Å². The quantitative estimate of drug-likeness (QED) is 0.749. The normalized spacial score (nSPS) is 18.9. The number of rotatable bonds is 6. The standard InChI is InChI=1S/C23H25ClN4O3/c1-26(20-12-14-28(23(20)31)18-9-4-2-7-16(18)24)15-21(29)25-17-8-3-5-10-19(17)27-13-6-11-22(27)30/h2-5,7-10,20H,6,11-15H2,1H3,(H,25,29). The van der Waals surface area contributed by atoms with E-state index in [1.54, 1.807) is 33.9 Å². The molecule has 0 spiro atoms. The van der Waals surface area contributed by atoms with Crippen LogP contribution in [0.5, 0.6) is 0 Å². The number of nitrogens with one attached hydrogen (secondary N) is 1. The van der Waals surface area contributed by atoms with Crippen LogP contribution in [0.25, 0.3) is 0 Å². The van der Waals surface area contributed by atoms with Crippen LogP contribution in [0.15, 0.2) is 48.5 Å². The van der Waals surface area contributed by atoms with Crippen molar-refractivity contribution in [3.8, 4) is 0 Å². The van der Waals surface area contributed by atoms with E-state index in [9.17, 15) is 14.4 Å². The third-order valence-corrected chi connectivity index (χ3v) is 6.11. The van der Waals surface area contributed by atoms with Crippen molar-refractivity contribution < 1.29 is 14.4 Å². The summed E-state index contributed by atoms with van der Waals surface area (Å²) in [6.07, 6.45) is 1.96. The molecule has 2 aromatic carbocycles. The van der Waals surface area contributed by atoms with Crippen molar-refractivity contribution in [1.82, 2.24) is 4.90 Å². The third-order valence-electron chi connectivity index (χ3n) is 5.79. The van der Waals surface area contributed by atoms with Gasteiger partial charge in [0.2, 0.25) is 17.7 Å². The van der Waals surface area contributed by atoms with Crippen LogP contribution in [-0.2, 0) is 14.4 Å². The summed E-state index contributed by atoms with van der Waals surface area (Å²) in [5.74, 6) is -0.230. The zero-order valence-corrected chi connectivity index (χ0v) is 18.1. The maximum absolute atomic E-state index is 13.0. The lowest BCUT2D eigenvalue weighted by Gasteiger charge is -2.24. The number of nitrogens with zero attached hydrogens (tertiary/aromatic N) is 3. The predicted octanol–water partition coefficient (Wildman–Crippen LogP) is 3.14. The lowest BCUT2D eigenvalue weighted by Crippen LogP contribution is -2.43. The average molecular weight is 441 g/mol. The highest BCUT2D eigenvalue weighted by molar-refractivity contribution is 6.34. The number of halogens is 1. The van der Waals surface area contributed by atoms with Crippen LogP contribution in [0.4, 0.5) is 17.1 Å². The highest BCUT2D eigenvalue weighted by Gasteiger charge is 2.36. The molecule has 2 aliphatic heterocycles. The van der Waals surface area contributed by atoms with Crippen molar-refractivity contribution in [1.29, 1.82) is 0 Å². The summed E-state index contributed by atoms with van der Waals surface area (Å²) >= 11 is 6.25. The molecule has 2 heterocycles. The van der Waals surface area contributed by atoms with Gasteiger partial charge in [-0.25, -0.2) is 0 Å². The molecular formula is C23H25ClN4O3. The molecule has 2 aromatic rings. The topological polar surface area (TPSA) is 73.0 Å². The molecule has 0 radical (unpaired) electrons. The minimum Gasteiger partial charge on any atom is -0.323 e. The second kappa shape index (κ2) is 9.08. The Labute approximate surface area is 186 Å². The Morgan fingerprint density at radius 1 is 1.06 bits per heavy atom. The third kappa shape index (κ3) is 4.43. The van der Waals surface area contributed by atoms with E-state index in [-0.39, 0.29) is 24.3 Å². The number of carbonyl (C=O) groups excluding carboxylic acids is 3. The Balaban J connectivity index is 1.40. The summed E-state index contributed by atoms with van der Waals surface area (Å²) in [7, 11) is 1.77. The van der Waals surface area contributed by atoms with Gasteiger partial charge < -0.3 is 15.1 Å². The van der Waals surface area contributed by atoms with Gasteiger partial charge in [-0.2, -0.15) is 0 Å². The zero-order chi connectivity index (χ0) is 22.0. The van der Waals surface area contributed by atoms with Gasteiger partial charge in [0.1, 0.15) is 0 Å². The fourth-order valence-corrected chi connectivity index (χ4v) is 4.47. The van der Waals surface area contributed by atoms with E-state index in [0.717, 1.165) is 6.42 Å². The maximum Gasteiger partial charge on any atom is 0.244 e. The highest BCUT2D eigenvalue weighted by Crippen LogP contribution is 2.31. The molecule has 31 heavy (non-hydrogen) atoms. The molecule has 7 nitrogen and oxygen atoms in total. The molecule has 1 unspecified atom stereocenters. The smallest absolute Gasteiger partial charge is 0.244 e. The first kappa shape index (κ1) is 21.3. The molecule has 0 aliphatic carbocycles. The van der Waals surface area contributed by atoms with Crippen LogP contribution in [0.2, 0.25) is 5.02 Å². The molecule has 1 N–H and O–H groups in total. The minimum absolute atomic E-state index is 0.0635. The van der Waals surface area contributed by atoms with Crippen molar-refractivity contribution in [2.45, 2.75) is 25.3 Å². The Kier molecular flexibility index (Phi) is 6.25. The molecule has 2 aliphatic rings. The van der Waals surface area contributed by atoms with E-state index in [1.807, 2.05) is 36.4 Å². The Morgan fingerprint density at radius 3 is 2.48 bits per heavy atom. The van der Waals surface area contributed by atoms with Gasteiger partial charge in [-0.05, 0) is 44.2 Å². The van der Waals surface area contributed by atoms with Crippen molar-refractivity contribution in [2.24, 2.45) is 0 Å². The molecule has 0 saturated carbocycles. The number of hydrogen-bond donors (Lipinski definition) is 1. The molecule has 8 heteroatoms. The van der Waals surface area contributed by atoms with E-state index >= 15 is 0 Å². The summed E-state index contributed by atoms with van der Waals surface area (Å²) in [5, 5.41) is 3.44. The van der Waals surface area contributed by atoms with Gasteiger partial charge in [0.15, 0.2) is 0 Å². The van der Waals surface area contributed by atoms with Crippen LogP contribution >= 0.6 is 11.6 Å². The van der Waals surface area contributed by atoms with Gasteiger partial charge in [0, 0.05) is 19.5 Å². The molecule has 1 atom stereocenters. The van der Waals surface area contributed by atoms with Gasteiger partial charge in [-0.1, -0.05) is 35.9 Å². The van der Waals surface area contributed by atoms with E-state index in [1.165, 1.54) is 0 Å². The van der Waals surface area contributed by atoms with Crippen LogP contribution < -0.4 is 15.1 Å². The molecule has 0 bridgehead atoms. The van der Waals surface area contributed by atoms with E-state index < -0.39 is 6.04 Å². The van der Waals surface area contributed by atoms with Crippen molar-refractivity contribution >= 4 is 46.4 Å². The molecule has 0 aromatic heterocycles. The van der Waals surface area contributed by atoms with Crippen LogP contribution in [0.3, 0.4) is 0 Å². The SMILES string of the molecule is CN(CC(=O)Nc1ccccc1N1CCCC1=O)C1CCN(c2ccccc2Cl)C1=O. The van der Waals surface area contributed by atoms with Gasteiger partial charge in [-0.3, -0.25) is 19.3 Å². The van der Waals surface area contributed by atoms with Gasteiger partial charge in [0.05, 0.1) is 34.7 Å². The Hall–Kier alpha value is -2.90. The molecule has 162 valence electrons. The van der Waals surface area contributed by atoms with Crippen molar-refractivity contribution in [2.75, 3.05) is 41.8 Å². The summed E-state index contributed by atoms with van der Waals surface area (Å²) < 4.78 is 0. The minimum atomic E-state index is -0.391. The number of carbonyl (C=O) groups is 3. The van der Waals surface area contributed by atoms with Gasteiger partial charge in [0.25, 0.3) is 0 Å². The van der Waals surface area contributed by atoms with E-state index in [2.05, 4.69) is 5.32 Å². The van der Waals surface area contributed by atoms with Crippen LogP contribution in [0, 0.1) is 0 Å². The van der Waals surface area contributed by atoms with Crippen molar-refractivity contribution in [3.05, 3.63) is 53.6 Å². The maximum atomic E-state index is 13.0. The second-order valence-corrected chi connectivity index (χ2v) is 8.28. The second-order valence-electron chi connectivity index (χ2n) is 7.88. The summed E-state index contributed by atoms with van der Waals surface area (Å²) in [6, 6.07) is 14.2. The number of para-hydroxylation sites is 3. The highest BCUT2D eigenvalue weighted by atomic mass is 35.5. The first-order chi connectivity index (χ1) is 15.0. The Morgan fingerprint density at radius 2 is 1.77 bits per heavy atom. The number of hydrogen-bond acceptors (Lipinski definition) is 4. The van der Waals surface area contributed by atoms with Crippen LogP contribution in [0.1, 0.15) is 19.3 Å². The molecule has 2 fully saturated rings. The largest absolute Gasteiger partial charge is 0.323 e. The lowest BCUT2D eigenvalue weighted by molar-refractivity contribution is -0.123. The Bertz CT molecular complexity index is 1010. The molecule has 2 saturated heterocycles. The monoisotopic (exact) mass is 440 g/mol. The van der Waals surface area contributed by atoms with E-state index in [0.29, 0.717) is 48.0 Å². The molecule has 4 rings (SSSR count). The van der Waals surface area contributed by atoms with Gasteiger partial charge in [-0.15, -0.1) is 0 Å². The summed E-state index contributed by atoms with van der Waals surface area (Å²) in [4.78, 5) is 43.0. The molecular weight excluding hydrogens is 416 g/mol. The van der Waals surface area contributed by atoms with Gasteiger partial charge >= 0.3 is 0 Å². The fourth-order valence-electron chi connectivity index (χ4n) is 4.23. The number of likely N-dealkylation sites (N-methyl/N-ethyl adjacent to an activating group) is 1. The zero-order valence-electron chi connectivity index (χ0n) is 17.4. The first-order valence-electron chi connectivity index (χ1n) is 10.4.